The van der Waals surface area contributed by atoms with Gasteiger partial charge in [0, 0.05) is 0 Å². The number of nitrogens with zero attached hydrogens (tertiary/aromatic N) is 2. The van der Waals surface area contributed by atoms with E-state index in [0.717, 1.165) is 6.07 Å². The van der Waals surface area contributed by atoms with Crippen LogP contribution < -0.4 is 0 Å². The number of aromatic nitrogens is 2. The van der Waals surface area contributed by atoms with Gasteiger partial charge in [0.15, 0.2) is 0 Å². The highest BCUT2D eigenvalue weighted by Gasteiger charge is 2.22. The van der Waals surface area contributed by atoms with E-state index in [4.69, 9.17) is 0 Å². The Morgan fingerprint density at radius 3 is 2.52 bits per heavy atom. The first kappa shape index (κ1) is 13.8. The van der Waals surface area contributed by atoms with E-state index in [1.54, 1.807) is 31.2 Å². The number of rotatable bonds is 2. The zero-order valence-corrected chi connectivity index (χ0v) is 12.4. The van der Waals surface area contributed by atoms with Crippen LogP contribution in [-0.4, -0.2) is 17.4 Å². The lowest BCUT2D eigenvalue weighted by atomic mass is 10.2. The molecule has 0 amide bonds. The van der Waals surface area contributed by atoms with Crippen LogP contribution in [0.3, 0.4) is 0 Å². The summed E-state index contributed by atoms with van der Waals surface area (Å²) >= 11 is 0. The summed E-state index contributed by atoms with van der Waals surface area (Å²) < 4.78 is 40.1. The largest absolute Gasteiger partial charge is 0.269 e. The topological polar surface area (TPSA) is 52.0 Å². The van der Waals surface area contributed by atoms with Gasteiger partial charge in [-0.3, -0.25) is 0 Å². The van der Waals surface area contributed by atoms with Crippen LogP contribution in [-0.2, 0) is 10.0 Å². The SMILES string of the molecule is Cc1cc(S(=O)(=O)n2c(C)nc3ccccc32)ccc1F. The Kier molecular flexibility index (Phi) is 3.06. The van der Waals surface area contributed by atoms with Gasteiger partial charge in [0.2, 0.25) is 0 Å². The van der Waals surface area contributed by atoms with E-state index in [0.29, 0.717) is 16.9 Å². The Balaban J connectivity index is 2.30. The molecule has 0 fully saturated rings. The fraction of sp³-hybridized carbons (Fsp3) is 0.133. The maximum Gasteiger partial charge on any atom is 0.269 e. The van der Waals surface area contributed by atoms with Crippen LogP contribution >= 0.6 is 0 Å². The number of benzene rings is 2. The first-order chi connectivity index (χ1) is 9.91. The van der Waals surface area contributed by atoms with Crippen LogP contribution in [0.15, 0.2) is 47.4 Å². The lowest BCUT2D eigenvalue weighted by Crippen LogP contribution is -2.14. The first-order valence-corrected chi connectivity index (χ1v) is 7.81. The zero-order valence-electron chi connectivity index (χ0n) is 11.5. The number of aryl methyl sites for hydroxylation is 2. The number of hydrogen-bond donors (Lipinski definition) is 0. The Morgan fingerprint density at radius 1 is 1.10 bits per heavy atom. The highest BCUT2D eigenvalue weighted by molar-refractivity contribution is 7.90. The molecule has 0 N–H and O–H groups in total. The smallest absolute Gasteiger partial charge is 0.232 e. The zero-order chi connectivity index (χ0) is 15.2. The molecular weight excluding hydrogens is 291 g/mol. The molecular formula is C15H13FN2O2S. The van der Waals surface area contributed by atoms with Crippen molar-refractivity contribution >= 4 is 21.1 Å². The van der Waals surface area contributed by atoms with Gasteiger partial charge >= 0.3 is 0 Å². The Labute approximate surface area is 121 Å². The lowest BCUT2D eigenvalue weighted by Gasteiger charge is -2.09. The molecule has 1 heterocycles. The van der Waals surface area contributed by atoms with Gasteiger partial charge in [-0.1, -0.05) is 12.1 Å². The average Bonchev–Trinajstić information content (AvgIpc) is 2.78. The van der Waals surface area contributed by atoms with Crippen molar-refractivity contribution in [2.45, 2.75) is 18.7 Å². The summed E-state index contributed by atoms with van der Waals surface area (Å²) in [5.41, 5.74) is 1.41. The summed E-state index contributed by atoms with van der Waals surface area (Å²) in [6.07, 6.45) is 0. The van der Waals surface area contributed by atoms with Crippen molar-refractivity contribution in [3.05, 3.63) is 59.7 Å². The third-order valence-corrected chi connectivity index (χ3v) is 5.14. The van der Waals surface area contributed by atoms with E-state index >= 15 is 0 Å². The molecule has 6 heteroatoms. The molecule has 0 aliphatic heterocycles. The van der Waals surface area contributed by atoms with E-state index in [-0.39, 0.29) is 10.5 Å². The maximum absolute atomic E-state index is 13.3. The van der Waals surface area contributed by atoms with Gasteiger partial charge in [-0.15, -0.1) is 0 Å². The lowest BCUT2D eigenvalue weighted by molar-refractivity contribution is 0.585. The number of imidazole rings is 1. The molecule has 0 bridgehead atoms. The van der Waals surface area contributed by atoms with Gasteiger partial charge in [0.1, 0.15) is 11.6 Å². The highest BCUT2D eigenvalue weighted by Crippen LogP contribution is 2.23. The molecule has 0 aliphatic rings. The number of halogens is 1. The Bertz CT molecular complexity index is 945. The van der Waals surface area contributed by atoms with Gasteiger partial charge in [0.05, 0.1) is 15.9 Å². The van der Waals surface area contributed by atoms with Crippen LogP contribution in [0.5, 0.6) is 0 Å². The normalized spacial score (nSPS) is 12.0. The summed E-state index contributed by atoms with van der Waals surface area (Å²) in [5.74, 6) is -0.0562. The van der Waals surface area contributed by atoms with Crippen LogP contribution in [0.2, 0.25) is 0 Å². The van der Waals surface area contributed by atoms with Crippen molar-refractivity contribution in [2.75, 3.05) is 0 Å². The molecule has 0 radical (unpaired) electrons. The fourth-order valence-corrected chi connectivity index (χ4v) is 3.89. The highest BCUT2D eigenvalue weighted by atomic mass is 32.2. The third-order valence-electron chi connectivity index (χ3n) is 3.34. The summed E-state index contributed by atoms with van der Waals surface area (Å²) in [6, 6.07) is 10.8. The molecule has 108 valence electrons. The first-order valence-electron chi connectivity index (χ1n) is 6.37. The molecule has 0 saturated heterocycles. The van der Waals surface area contributed by atoms with Crippen molar-refractivity contribution < 1.29 is 12.8 Å². The molecule has 1 aromatic heterocycles. The summed E-state index contributed by atoms with van der Waals surface area (Å²) in [5, 5.41) is 0. The second-order valence-corrected chi connectivity index (χ2v) is 6.61. The second-order valence-electron chi connectivity index (χ2n) is 4.83. The van der Waals surface area contributed by atoms with E-state index < -0.39 is 15.8 Å². The third kappa shape index (κ3) is 2.12. The predicted octanol–water partition coefficient (Wildman–Crippen LogP) is 3.03. The molecule has 2 aromatic carbocycles. The van der Waals surface area contributed by atoms with Crippen molar-refractivity contribution in [2.24, 2.45) is 0 Å². The minimum Gasteiger partial charge on any atom is -0.232 e. The Hall–Kier alpha value is -2.21. The van der Waals surface area contributed by atoms with Crippen molar-refractivity contribution in [3.8, 4) is 0 Å². The van der Waals surface area contributed by atoms with Gasteiger partial charge in [-0.25, -0.2) is 21.8 Å². The molecule has 4 nitrogen and oxygen atoms in total. The van der Waals surface area contributed by atoms with Crippen molar-refractivity contribution in [1.29, 1.82) is 0 Å². The molecule has 3 rings (SSSR count). The average molecular weight is 304 g/mol. The van der Waals surface area contributed by atoms with Crippen molar-refractivity contribution in [3.63, 3.8) is 0 Å². The minimum atomic E-state index is -3.80. The monoisotopic (exact) mass is 304 g/mol. The van der Waals surface area contributed by atoms with Gasteiger partial charge in [-0.2, -0.15) is 0 Å². The van der Waals surface area contributed by atoms with E-state index in [2.05, 4.69) is 4.98 Å². The molecule has 0 saturated carbocycles. The van der Waals surface area contributed by atoms with Gasteiger partial charge < -0.3 is 0 Å². The predicted molar refractivity (Wildman–Crippen MR) is 78.2 cm³/mol. The van der Waals surface area contributed by atoms with Gasteiger partial charge in [0.25, 0.3) is 10.0 Å². The number of hydrogen-bond acceptors (Lipinski definition) is 3. The van der Waals surface area contributed by atoms with E-state index in [1.165, 1.54) is 23.0 Å². The van der Waals surface area contributed by atoms with Crippen LogP contribution in [0.25, 0.3) is 11.0 Å². The van der Waals surface area contributed by atoms with E-state index in [1.807, 2.05) is 0 Å². The summed E-state index contributed by atoms with van der Waals surface area (Å²) in [7, 11) is -3.80. The van der Waals surface area contributed by atoms with Crippen molar-refractivity contribution in [1.82, 2.24) is 8.96 Å². The number of fused-ring (bicyclic) bond motifs is 1. The molecule has 0 atom stereocenters. The maximum atomic E-state index is 13.3. The fourth-order valence-electron chi connectivity index (χ4n) is 2.31. The minimum absolute atomic E-state index is 0.0488. The molecule has 0 spiro atoms. The Morgan fingerprint density at radius 2 is 1.81 bits per heavy atom. The molecule has 0 unspecified atom stereocenters. The standard InChI is InChI=1S/C15H13FN2O2S/c1-10-9-12(7-8-13(10)16)21(19,20)18-11(2)17-14-5-3-4-6-15(14)18/h3-9H,1-2H3. The van der Waals surface area contributed by atoms with Crippen LogP contribution in [0, 0.1) is 19.7 Å². The van der Waals surface area contributed by atoms with E-state index in [9.17, 15) is 12.8 Å². The summed E-state index contributed by atoms with van der Waals surface area (Å²) in [6.45, 7) is 3.17. The van der Waals surface area contributed by atoms with Gasteiger partial charge in [-0.05, 0) is 49.7 Å². The molecule has 0 aliphatic carbocycles. The van der Waals surface area contributed by atoms with Crippen LogP contribution in [0.4, 0.5) is 4.39 Å². The number of para-hydroxylation sites is 2. The molecule has 21 heavy (non-hydrogen) atoms. The second kappa shape index (κ2) is 4.66. The summed E-state index contributed by atoms with van der Waals surface area (Å²) in [4.78, 5) is 4.30. The quantitative estimate of drug-likeness (QED) is 0.731. The molecule has 3 aromatic rings. The van der Waals surface area contributed by atoms with Crippen LogP contribution in [0.1, 0.15) is 11.4 Å².